The standard InChI is InChI=1S/C14H15N/c1-3-5-9-13(4-2)12-15-14-10-7-6-8-11-14/h3-12H,2H2,1H3/b5-3-,13-9+,15-12?. The van der Waals surface area contributed by atoms with Crippen molar-refractivity contribution in [2.24, 2.45) is 4.99 Å². The maximum atomic E-state index is 4.33. The molecular formula is C14H15N. The van der Waals surface area contributed by atoms with Crippen molar-refractivity contribution in [3.05, 3.63) is 66.8 Å². The Hall–Kier alpha value is -1.89. The van der Waals surface area contributed by atoms with Crippen LogP contribution in [0, 0.1) is 0 Å². The summed E-state index contributed by atoms with van der Waals surface area (Å²) in [6.45, 7) is 5.71. The van der Waals surface area contributed by atoms with Gasteiger partial charge in [-0.2, -0.15) is 0 Å². The number of rotatable bonds is 4. The van der Waals surface area contributed by atoms with Gasteiger partial charge in [-0.25, -0.2) is 0 Å². The molecule has 76 valence electrons. The zero-order valence-electron chi connectivity index (χ0n) is 8.93. The van der Waals surface area contributed by atoms with E-state index in [0.29, 0.717) is 0 Å². The van der Waals surface area contributed by atoms with Gasteiger partial charge in [-0.15, -0.1) is 0 Å². The molecule has 0 amide bonds. The molecule has 15 heavy (non-hydrogen) atoms. The molecule has 0 spiro atoms. The second-order valence-corrected chi connectivity index (χ2v) is 2.99. The Bertz CT molecular complexity index is 383. The Balaban J connectivity index is 2.75. The average Bonchev–Trinajstić information content (AvgIpc) is 2.31. The van der Waals surface area contributed by atoms with E-state index < -0.39 is 0 Å². The number of nitrogens with zero attached hydrogens (tertiary/aromatic N) is 1. The van der Waals surface area contributed by atoms with E-state index in [1.807, 2.05) is 61.7 Å². The van der Waals surface area contributed by atoms with Crippen LogP contribution >= 0.6 is 0 Å². The Labute approximate surface area is 91.2 Å². The number of hydrogen-bond acceptors (Lipinski definition) is 1. The zero-order valence-corrected chi connectivity index (χ0v) is 8.93. The summed E-state index contributed by atoms with van der Waals surface area (Å²) in [5, 5.41) is 0. The van der Waals surface area contributed by atoms with Crippen molar-refractivity contribution in [2.45, 2.75) is 6.92 Å². The fourth-order valence-electron chi connectivity index (χ4n) is 1.03. The van der Waals surface area contributed by atoms with Gasteiger partial charge in [-0.1, -0.05) is 49.1 Å². The molecule has 1 heteroatoms. The average molecular weight is 197 g/mol. The van der Waals surface area contributed by atoms with Crippen molar-refractivity contribution in [3.63, 3.8) is 0 Å². The molecule has 1 aromatic rings. The molecule has 0 saturated carbocycles. The molecule has 0 aliphatic rings. The molecule has 0 aliphatic heterocycles. The Morgan fingerprint density at radius 2 is 2.00 bits per heavy atom. The summed E-state index contributed by atoms with van der Waals surface area (Å²) in [7, 11) is 0. The van der Waals surface area contributed by atoms with E-state index in [-0.39, 0.29) is 0 Å². The van der Waals surface area contributed by atoms with Crippen LogP contribution in [0.3, 0.4) is 0 Å². The molecular weight excluding hydrogens is 182 g/mol. The van der Waals surface area contributed by atoms with Gasteiger partial charge in [-0.3, -0.25) is 4.99 Å². The topological polar surface area (TPSA) is 12.4 Å². The minimum Gasteiger partial charge on any atom is -0.256 e. The van der Waals surface area contributed by atoms with Gasteiger partial charge in [0.15, 0.2) is 0 Å². The summed E-state index contributed by atoms with van der Waals surface area (Å²) in [4.78, 5) is 4.33. The molecule has 0 radical (unpaired) electrons. The molecule has 0 N–H and O–H groups in total. The number of hydrogen-bond donors (Lipinski definition) is 0. The SMILES string of the molecule is C=C/C(C=Nc1ccccc1)=C\C=C/C. The minimum absolute atomic E-state index is 0.950. The Morgan fingerprint density at radius 1 is 1.27 bits per heavy atom. The van der Waals surface area contributed by atoms with Crippen molar-refractivity contribution in [1.29, 1.82) is 0 Å². The van der Waals surface area contributed by atoms with Gasteiger partial charge in [0, 0.05) is 6.21 Å². The number of benzene rings is 1. The highest BCUT2D eigenvalue weighted by molar-refractivity contribution is 5.84. The van der Waals surface area contributed by atoms with Crippen LogP contribution in [0.25, 0.3) is 0 Å². The summed E-state index contributed by atoms with van der Waals surface area (Å²) in [6, 6.07) is 9.84. The Morgan fingerprint density at radius 3 is 2.60 bits per heavy atom. The highest BCUT2D eigenvalue weighted by Crippen LogP contribution is 2.09. The van der Waals surface area contributed by atoms with Gasteiger partial charge in [0.1, 0.15) is 0 Å². The second-order valence-electron chi connectivity index (χ2n) is 2.99. The molecule has 0 bridgehead atoms. The van der Waals surface area contributed by atoms with Crippen molar-refractivity contribution in [3.8, 4) is 0 Å². The fourth-order valence-corrected chi connectivity index (χ4v) is 1.03. The molecule has 0 aliphatic carbocycles. The van der Waals surface area contributed by atoms with Crippen LogP contribution < -0.4 is 0 Å². The summed E-state index contributed by atoms with van der Waals surface area (Å²) in [5.41, 5.74) is 1.95. The molecule has 0 aromatic heterocycles. The maximum Gasteiger partial charge on any atom is 0.0629 e. The molecule has 0 unspecified atom stereocenters. The van der Waals surface area contributed by atoms with Gasteiger partial charge >= 0.3 is 0 Å². The van der Waals surface area contributed by atoms with E-state index in [0.717, 1.165) is 11.3 Å². The molecule has 0 atom stereocenters. The molecule has 0 fully saturated rings. The molecule has 1 rings (SSSR count). The molecule has 0 heterocycles. The van der Waals surface area contributed by atoms with E-state index in [1.165, 1.54) is 0 Å². The monoisotopic (exact) mass is 197 g/mol. The first-order chi connectivity index (χ1) is 7.36. The quantitative estimate of drug-likeness (QED) is 0.509. The van der Waals surface area contributed by atoms with E-state index in [4.69, 9.17) is 0 Å². The predicted molar refractivity (Wildman–Crippen MR) is 67.7 cm³/mol. The lowest BCUT2D eigenvalue weighted by Crippen LogP contribution is -1.77. The number of aliphatic imine (C=N–C) groups is 1. The third kappa shape index (κ3) is 4.23. The van der Waals surface area contributed by atoms with E-state index >= 15 is 0 Å². The van der Waals surface area contributed by atoms with Gasteiger partial charge in [0.2, 0.25) is 0 Å². The van der Waals surface area contributed by atoms with Crippen LogP contribution in [0.1, 0.15) is 6.92 Å². The summed E-state index contributed by atoms with van der Waals surface area (Å²) in [6.07, 6.45) is 9.50. The normalized spacial score (nSPS) is 12.5. The van der Waals surface area contributed by atoms with E-state index in [9.17, 15) is 0 Å². The third-order valence-corrected chi connectivity index (χ3v) is 1.84. The first-order valence-electron chi connectivity index (χ1n) is 4.91. The van der Waals surface area contributed by atoms with Gasteiger partial charge in [-0.05, 0) is 24.6 Å². The molecule has 0 saturated heterocycles. The van der Waals surface area contributed by atoms with Crippen LogP contribution in [-0.2, 0) is 0 Å². The van der Waals surface area contributed by atoms with Crippen LogP contribution in [0.5, 0.6) is 0 Å². The lowest BCUT2D eigenvalue weighted by molar-refractivity contribution is 1.53. The summed E-state index contributed by atoms with van der Waals surface area (Å²) >= 11 is 0. The first kappa shape index (κ1) is 11.2. The van der Waals surface area contributed by atoms with Crippen molar-refractivity contribution in [2.75, 3.05) is 0 Å². The number of para-hydroxylation sites is 1. The van der Waals surface area contributed by atoms with Gasteiger partial charge < -0.3 is 0 Å². The minimum atomic E-state index is 0.950. The lowest BCUT2D eigenvalue weighted by Gasteiger charge is -1.92. The van der Waals surface area contributed by atoms with Gasteiger partial charge in [0.25, 0.3) is 0 Å². The zero-order chi connectivity index (χ0) is 10.9. The highest BCUT2D eigenvalue weighted by atomic mass is 14.7. The second kappa shape index (κ2) is 6.55. The van der Waals surface area contributed by atoms with Crippen molar-refractivity contribution >= 4 is 11.9 Å². The van der Waals surface area contributed by atoms with Crippen LogP contribution in [0.2, 0.25) is 0 Å². The van der Waals surface area contributed by atoms with Crippen molar-refractivity contribution < 1.29 is 0 Å². The molecule has 1 aromatic carbocycles. The first-order valence-corrected chi connectivity index (χ1v) is 4.91. The van der Waals surface area contributed by atoms with E-state index in [2.05, 4.69) is 11.6 Å². The van der Waals surface area contributed by atoms with Crippen LogP contribution in [0.4, 0.5) is 5.69 Å². The predicted octanol–water partition coefficient (Wildman–Crippen LogP) is 4.08. The highest BCUT2D eigenvalue weighted by Gasteiger charge is 1.85. The fraction of sp³-hybridized carbons (Fsp3) is 0.0714. The summed E-state index contributed by atoms with van der Waals surface area (Å²) < 4.78 is 0. The van der Waals surface area contributed by atoms with Crippen LogP contribution in [0.15, 0.2) is 71.8 Å². The van der Waals surface area contributed by atoms with Crippen molar-refractivity contribution in [1.82, 2.24) is 0 Å². The largest absolute Gasteiger partial charge is 0.256 e. The maximum absolute atomic E-state index is 4.33. The Kier molecular flexibility index (Phi) is 4.88. The summed E-state index contributed by atoms with van der Waals surface area (Å²) in [5.74, 6) is 0. The van der Waals surface area contributed by atoms with E-state index in [1.54, 1.807) is 6.08 Å². The third-order valence-electron chi connectivity index (χ3n) is 1.84. The van der Waals surface area contributed by atoms with Crippen LogP contribution in [-0.4, -0.2) is 6.21 Å². The number of allylic oxidation sites excluding steroid dienone is 5. The smallest absolute Gasteiger partial charge is 0.0629 e. The van der Waals surface area contributed by atoms with Gasteiger partial charge in [0.05, 0.1) is 5.69 Å². The molecule has 1 nitrogen and oxygen atoms in total. The lowest BCUT2D eigenvalue weighted by atomic mass is 10.2.